The molecule has 5 N–H and O–H groups in total. The first kappa shape index (κ1) is 30.8. The van der Waals surface area contributed by atoms with Crippen LogP contribution in [0.25, 0.3) is 0 Å². The topological polar surface area (TPSA) is 114 Å². The maximum Gasteiger partial charge on any atom is 0.328 e. The molecule has 4 aliphatic rings. The minimum absolute atomic E-state index is 0.0101. The van der Waals surface area contributed by atoms with Gasteiger partial charge < -0.3 is 26.2 Å². The Morgan fingerprint density at radius 1 is 1.03 bits per heavy atom. The molecule has 224 valence electrons. The molecule has 4 aliphatic carbocycles. The van der Waals surface area contributed by atoms with E-state index >= 15 is 0 Å². The van der Waals surface area contributed by atoms with Crippen molar-refractivity contribution in [3.8, 4) is 0 Å². The van der Waals surface area contributed by atoms with Crippen LogP contribution in [-0.4, -0.2) is 55.4 Å². The van der Waals surface area contributed by atoms with E-state index in [0.29, 0.717) is 59.9 Å². The standard InChI is InChI=1S/C32H57N3O4/c1-19(2)29(30(38)39-6)35-27(37)10-7-20(3)23-8-9-24-28-25(12-14-32(23,24)5)31(4)13-11-22(34-16-15-33)17-21(31)18-26(28)36/h19-26,28-29,34,36H,7-18,33H2,1-6H3,(H,35,37)/t20-,21+,22+,23-,24+,25+,26-,28+,29+,31+,32-/m1/s1. The molecule has 0 saturated heterocycles. The predicted octanol–water partition coefficient (Wildman–Crippen LogP) is 4.26. The molecule has 0 radical (unpaired) electrons. The van der Waals surface area contributed by atoms with Gasteiger partial charge in [0.05, 0.1) is 13.2 Å². The second-order valence-electron chi connectivity index (χ2n) is 14.6. The zero-order valence-corrected chi connectivity index (χ0v) is 25.5. The van der Waals surface area contributed by atoms with E-state index in [1.807, 2.05) is 13.8 Å². The third-order valence-electron chi connectivity index (χ3n) is 12.3. The fraction of sp³-hybridized carbons (Fsp3) is 0.938. The number of nitrogens with two attached hydrogens (primary N) is 1. The Hall–Kier alpha value is -1.18. The Labute approximate surface area is 237 Å². The van der Waals surface area contributed by atoms with Gasteiger partial charge in [0, 0.05) is 25.6 Å². The van der Waals surface area contributed by atoms with Gasteiger partial charge in [0.2, 0.25) is 5.91 Å². The number of nitrogens with one attached hydrogen (secondary N) is 2. The minimum atomic E-state index is -0.592. The lowest BCUT2D eigenvalue weighted by molar-refractivity contribution is -0.167. The smallest absolute Gasteiger partial charge is 0.328 e. The fourth-order valence-electron chi connectivity index (χ4n) is 10.1. The maximum atomic E-state index is 12.8. The Morgan fingerprint density at radius 3 is 2.38 bits per heavy atom. The monoisotopic (exact) mass is 547 g/mol. The molecule has 4 rings (SSSR count). The number of hydrogen-bond donors (Lipinski definition) is 4. The summed E-state index contributed by atoms with van der Waals surface area (Å²) in [5, 5.41) is 18.2. The Bertz CT molecular complexity index is 866. The third-order valence-corrected chi connectivity index (χ3v) is 12.3. The number of esters is 1. The predicted molar refractivity (Wildman–Crippen MR) is 155 cm³/mol. The van der Waals surface area contributed by atoms with Crippen LogP contribution in [0.2, 0.25) is 0 Å². The number of fused-ring (bicyclic) bond motifs is 5. The first-order valence-electron chi connectivity index (χ1n) is 15.9. The van der Waals surface area contributed by atoms with E-state index in [-0.39, 0.29) is 29.3 Å². The number of carbonyl (C=O) groups excluding carboxylic acids is 2. The number of aliphatic hydroxyl groups is 1. The van der Waals surface area contributed by atoms with Crippen molar-refractivity contribution in [2.45, 2.75) is 117 Å². The molecule has 0 unspecified atom stereocenters. The average molecular weight is 548 g/mol. The van der Waals surface area contributed by atoms with Gasteiger partial charge in [-0.25, -0.2) is 4.79 Å². The van der Waals surface area contributed by atoms with Crippen molar-refractivity contribution < 1.29 is 19.4 Å². The summed E-state index contributed by atoms with van der Waals surface area (Å²) in [6, 6.07) is -0.0486. The Balaban J connectivity index is 1.39. The van der Waals surface area contributed by atoms with Gasteiger partial charge in [-0.15, -0.1) is 0 Å². The van der Waals surface area contributed by atoms with Gasteiger partial charge in [-0.05, 0) is 110 Å². The highest BCUT2D eigenvalue weighted by Gasteiger charge is 2.62. The van der Waals surface area contributed by atoms with Gasteiger partial charge in [0.1, 0.15) is 6.04 Å². The molecule has 0 heterocycles. The first-order valence-corrected chi connectivity index (χ1v) is 15.9. The van der Waals surface area contributed by atoms with Gasteiger partial charge in [-0.1, -0.05) is 34.6 Å². The van der Waals surface area contributed by atoms with Gasteiger partial charge in [-0.2, -0.15) is 0 Å². The van der Waals surface area contributed by atoms with E-state index in [1.165, 1.54) is 52.1 Å². The second-order valence-corrected chi connectivity index (χ2v) is 14.6. The molecule has 4 saturated carbocycles. The van der Waals surface area contributed by atoms with Crippen LogP contribution in [0, 0.1) is 52.3 Å². The highest BCUT2D eigenvalue weighted by atomic mass is 16.5. The quantitative estimate of drug-likeness (QED) is 0.304. The summed E-state index contributed by atoms with van der Waals surface area (Å²) >= 11 is 0. The van der Waals surface area contributed by atoms with Crippen molar-refractivity contribution in [2.75, 3.05) is 20.2 Å². The number of carbonyl (C=O) groups is 2. The highest BCUT2D eigenvalue weighted by molar-refractivity contribution is 5.84. The van der Waals surface area contributed by atoms with E-state index in [0.717, 1.165) is 19.4 Å². The maximum absolute atomic E-state index is 12.8. The van der Waals surface area contributed by atoms with E-state index in [4.69, 9.17) is 10.5 Å². The van der Waals surface area contributed by atoms with Gasteiger partial charge in [0.15, 0.2) is 0 Å². The number of methoxy groups -OCH3 is 1. The number of ether oxygens (including phenoxy) is 1. The molecular formula is C32H57N3O4. The molecule has 0 aliphatic heterocycles. The zero-order valence-electron chi connectivity index (χ0n) is 25.5. The molecule has 0 aromatic heterocycles. The van der Waals surface area contributed by atoms with Crippen molar-refractivity contribution in [1.82, 2.24) is 10.6 Å². The molecule has 0 bridgehead atoms. The number of hydrogen-bond acceptors (Lipinski definition) is 6. The fourth-order valence-corrected chi connectivity index (χ4v) is 10.1. The summed E-state index contributed by atoms with van der Waals surface area (Å²) in [5.41, 5.74) is 6.31. The number of amides is 1. The van der Waals surface area contributed by atoms with E-state index in [9.17, 15) is 14.7 Å². The molecule has 7 heteroatoms. The van der Waals surface area contributed by atoms with Crippen LogP contribution in [0.5, 0.6) is 0 Å². The molecule has 11 atom stereocenters. The van der Waals surface area contributed by atoms with Crippen molar-refractivity contribution in [2.24, 2.45) is 58.0 Å². The normalized spacial score (nSPS) is 41.2. The molecule has 0 aromatic rings. The SMILES string of the molecule is COC(=O)[C@@H](NC(=O)CC[C@@H](C)[C@H]1CC[C@H]2[C@@H]3[C@H](O)C[C@@H]4C[C@@H](NCCN)CC[C@]4(C)[C@H]3CC[C@]12C)C(C)C. The van der Waals surface area contributed by atoms with Crippen molar-refractivity contribution in [1.29, 1.82) is 0 Å². The molecular weight excluding hydrogens is 490 g/mol. The number of aliphatic hydroxyl groups excluding tert-OH is 1. The Kier molecular flexibility index (Phi) is 9.75. The first-order chi connectivity index (χ1) is 18.5. The van der Waals surface area contributed by atoms with Crippen LogP contribution in [-0.2, 0) is 14.3 Å². The molecule has 0 spiro atoms. The lowest BCUT2D eigenvalue weighted by Crippen LogP contribution is -2.59. The summed E-state index contributed by atoms with van der Waals surface area (Å²) < 4.78 is 4.88. The summed E-state index contributed by atoms with van der Waals surface area (Å²) in [7, 11) is 1.37. The molecule has 39 heavy (non-hydrogen) atoms. The molecule has 1 amide bonds. The average Bonchev–Trinajstić information content (AvgIpc) is 3.26. The van der Waals surface area contributed by atoms with E-state index < -0.39 is 6.04 Å². The highest BCUT2D eigenvalue weighted by Crippen LogP contribution is 2.68. The Morgan fingerprint density at radius 2 is 1.72 bits per heavy atom. The zero-order chi connectivity index (χ0) is 28.5. The lowest BCUT2D eigenvalue weighted by atomic mass is 9.43. The van der Waals surface area contributed by atoms with Crippen LogP contribution in [0.1, 0.15) is 98.8 Å². The second kappa shape index (κ2) is 12.4. The number of rotatable bonds is 10. The van der Waals surface area contributed by atoms with Crippen molar-refractivity contribution in [3.63, 3.8) is 0 Å². The minimum Gasteiger partial charge on any atom is -0.467 e. The summed E-state index contributed by atoms with van der Waals surface area (Å²) in [6.45, 7) is 12.8. The van der Waals surface area contributed by atoms with Crippen LogP contribution in [0.3, 0.4) is 0 Å². The van der Waals surface area contributed by atoms with E-state index in [1.54, 1.807) is 0 Å². The van der Waals surface area contributed by atoms with E-state index in [2.05, 4.69) is 31.4 Å². The van der Waals surface area contributed by atoms with Gasteiger partial charge in [0.25, 0.3) is 0 Å². The largest absolute Gasteiger partial charge is 0.467 e. The molecule has 4 fully saturated rings. The van der Waals surface area contributed by atoms with Crippen molar-refractivity contribution >= 4 is 11.9 Å². The summed E-state index contributed by atoms with van der Waals surface area (Å²) in [5.74, 6) is 2.75. The van der Waals surface area contributed by atoms with Crippen LogP contribution >= 0.6 is 0 Å². The van der Waals surface area contributed by atoms with Crippen molar-refractivity contribution in [3.05, 3.63) is 0 Å². The van der Waals surface area contributed by atoms with Gasteiger partial charge in [-0.3, -0.25) is 4.79 Å². The van der Waals surface area contributed by atoms with Crippen LogP contribution in [0.4, 0.5) is 0 Å². The van der Waals surface area contributed by atoms with Crippen LogP contribution in [0.15, 0.2) is 0 Å². The summed E-state index contributed by atoms with van der Waals surface area (Å²) in [4.78, 5) is 24.9. The molecule has 0 aromatic carbocycles. The molecule has 7 nitrogen and oxygen atoms in total. The third kappa shape index (κ3) is 5.92. The lowest BCUT2D eigenvalue weighted by Gasteiger charge is -2.62. The van der Waals surface area contributed by atoms with Crippen LogP contribution < -0.4 is 16.4 Å². The van der Waals surface area contributed by atoms with Gasteiger partial charge >= 0.3 is 5.97 Å². The summed E-state index contributed by atoms with van der Waals surface area (Å²) in [6.07, 6.45) is 10.5.